The second-order valence-corrected chi connectivity index (χ2v) is 10.2. The van der Waals surface area contributed by atoms with Crippen LogP contribution in [0.4, 0.5) is 15.8 Å². The third kappa shape index (κ3) is 5.62. The second kappa shape index (κ2) is 10.6. The second-order valence-electron chi connectivity index (χ2n) is 9.72. The van der Waals surface area contributed by atoms with Crippen LogP contribution in [0.1, 0.15) is 43.1 Å². The van der Waals surface area contributed by atoms with Crippen molar-refractivity contribution in [3.63, 3.8) is 0 Å². The van der Waals surface area contributed by atoms with Gasteiger partial charge in [-0.25, -0.2) is 13.9 Å². The third-order valence-electron chi connectivity index (χ3n) is 6.40. The minimum atomic E-state index is -1.65. The van der Waals surface area contributed by atoms with Gasteiger partial charge in [0, 0.05) is 31.8 Å². The van der Waals surface area contributed by atoms with Gasteiger partial charge in [0.25, 0.3) is 5.91 Å². The van der Waals surface area contributed by atoms with E-state index in [9.17, 15) is 14.3 Å². The summed E-state index contributed by atoms with van der Waals surface area (Å²) in [6.07, 6.45) is 9.82. The van der Waals surface area contributed by atoms with Crippen molar-refractivity contribution >= 4 is 34.5 Å². The lowest BCUT2D eigenvalue weighted by atomic mass is 10.0. The average Bonchev–Trinajstić information content (AvgIpc) is 3.54. The molecule has 0 aromatic carbocycles. The molecule has 0 radical (unpaired) electrons. The summed E-state index contributed by atoms with van der Waals surface area (Å²) in [7, 11) is 0. The van der Waals surface area contributed by atoms with Crippen molar-refractivity contribution in [2.24, 2.45) is 0 Å². The molecule has 38 heavy (non-hydrogen) atoms. The largest absolute Gasteiger partial charge is 0.387 e. The summed E-state index contributed by atoms with van der Waals surface area (Å²) in [6.45, 7) is 3.71. The Morgan fingerprint density at radius 3 is 2.76 bits per heavy atom. The lowest BCUT2D eigenvalue weighted by Gasteiger charge is -2.22. The molecule has 5 rings (SSSR count). The number of anilines is 2. The number of ether oxygens (including phenoxy) is 1. The van der Waals surface area contributed by atoms with Crippen molar-refractivity contribution in [3.05, 3.63) is 53.8 Å². The summed E-state index contributed by atoms with van der Waals surface area (Å²) >= 11 is 6.03. The Morgan fingerprint density at radius 1 is 1.21 bits per heavy atom. The van der Waals surface area contributed by atoms with E-state index in [0.29, 0.717) is 46.5 Å². The predicted molar refractivity (Wildman–Crippen MR) is 139 cm³/mol. The molecule has 1 aliphatic heterocycles. The summed E-state index contributed by atoms with van der Waals surface area (Å²) in [5.41, 5.74) is 1.42. The maximum absolute atomic E-state index is 14.3. The number of pyridine rings is 1. The average molecular weight is 543 g/mol. The number of nitrogens with one attached hydrogen (secondary N) is 2. The number of hydrogen-bond donors (Lipinski definition) is 3. The topological polar surface area (TPSA) is 131 Å². The van der Waals surface area contributed by atoms with E-state index < -0.39 is 17.7 Å². The molecule has 13 heteroatoms. The highest BCUT2D eigenvalue weighted by Crippen LogP contribution is 2.29. The maximum Gasteiger partial charge on any atom is 0.255 e. The molecular formula is C25H28ClFN8O3. The van der Waals surface area contributed by atoms with Gasteiger partial charge in [-0.3, -0.25) is 14.5 Å². The fourth-order valence-corrected chi connectivity index (χ4v) is 4.30. The number of carbonyl (C=O) groups excluding carboxylic acids is 1. The minimum absolute atomic E-state index is 0.197. The summed E-state index contributed by atoms with van der Waals surface area (Å²) in [6, 6.07) is 1.94. The van der Waals surface area contributed by atoms with Crippen molar-refractivity contribution < 1.29 is 19.0 Å². The molecule has 1 saturated heterocycles. The van der Waals surface area contributed by atoms with E-state index >= 15 is 0 Å². The van der Waals surface area contributed by atoms with E-state index in [1.807, 2.05) is 10.9 Å². The van der Waals surface area contributed by atoms with Gasteiger partial charge in [0.15, 0.2) is 5.65 Å². The summed E-state index contributed by atoms with van der Waals surface area (Å²) in [5.74, 6) is -0.542. The van der Waals surface area contributed by atoms with Crippen LogP contribution in [0.5, 0.6) is 0 Å². The molecule has 1 atom stereocenters. The van der Waals surface area contributed by atoms with Crippen molar-refractivity contribution in [3.8, 4) is 11.3 Å². The van der Waals surface area contributed by atoms with Gasteiger partial charge < -0.3 is 20.5 Å². The van der Waals surface area contributed by atoms with Gasteiger partial charge in [-0.1, -0.05) is 11.6 Å². The van der Waals surface area contributed by atoms with Gasteiger partial charge in [0.05, 0.1) is 70.0 Å². The van der Waals surface area contributed by atoms with Crippen molar-refractivity contribution in [2.45, 2.75) is 44.5 Å². The zero-order valence-corrected chi connectivity index (χ0v) is 21.7. The van der Waals surface area contributed by atoms with Gasteiger partial charge >= 0.3 is 0 Å². The maximum atomic E-state index is 14.3. The highest BCUT2D eigenvalue weighted by Gasteiger charge is 2.27. The molecule has 3 N–H and O–H groups in total. The number of fused-ring (bicyclic) bond motifs is 1. The minimum Gasteiger partial charge on any atom is -0.387 e. The number of rotatable bonds is 8. The molecule has 5 heterocycles. The fourth-order valence-electron chi connectivity index (χ4n) is 4.15. The highest BCUT2D eigenvalue weighted by atomic mass is 35.5. The first-order valence-corrected chi connectivity index (χ1v) is 12.6. The zero-order chi connectivity index (χ0) is 26.9. The lowest BCUT2D eigenvalue weighted by Crippen LogP contribution is -2.42. The number of aliphatic hydroxyl groups is 1. The van der Waals surface area contributed by atoms with E-state index in [-0.39, 0.29) is 18.2 Å². The number of amides is 1. The Hall–Kier alpha value is -3.61. The molecule has 0 spiro atoms. The molecule has 1 aliphatic rings. The first-order chi connectivity index (χ1) is 18.2. The SMILES string of the molecule is CC(C)(O)[C@H](F)CNC(=O)c1cnc(-c2cnn3cc(Cl)cnc23)cc1Nc1cnn(C2CCOCC2)c1. The Morgan fingerprint density at radius 2 is 2.00 bits per heavy atom. The van der Waals surface area contributed by atoms with Crippen LogP contribution in [0.3, 0.4) is 0 Å². The van der Waals surface area contributed by atoms with Crippen molar-refractivity contribution in [1.82, 2.24) is 34.7 Å². The smallest absolute Gasteiger partial charge is 0.255 e. The molecule has 11 nitrogen and oxygen atoms in total. The zero-order valence-electron chi connectivity index (χ0n) is 20.9. The normalized spacial score (nSPS) is 15.5. The summed E-state index contributed by atoms with van der Waals surface area (Å²) in [4.78, 5) is 21.9. The molecule has 4 aromatic rings. The Balaban J connectivity index is 1.46. The molecule has 1 amide bonds. The van der Waals surface area contributed by atoms with Crippen LogP contribution in [0, 0.1) is 0 Å². The molecule has 200 valence electrons. The molecule has 0 aliphatic carbocycles. The Kier molecular flexibility index (Phi) is 7.28. The van der Waals surface area contributed by atoms with E-state index in [1.165, 1.54) is 26.2 Å². The standard InChI is InChI=1S/C25H28ClFN8O3/c1-25(2,37)22(27)12-30-24(36)19-10-28-20(18-11-32-35-13-15(26)8-29-23(18)35)7-21(19)33-16-9-31-34(14-16)17-3-5-38-6-4-17/h7-11,13-14,17,22,37H,3-6,12H2,1-2H3,(H,28,33)(H,30,36)/t22-/m1/s1. The van der Waals surface area contributed by atoms with Crippen LogP contribution in [0.15, 0.2) is 43.2 Å². The number of nitrogens with zero attached hydrogens (tertiary/aromatic N) is 6. The number of halogens is 2. The lowest BCUT2D eigenvalue weighted by molar-refractivity contribution is -0.00177. The first-order valence-electron chi connectivity index (χ1n) is 12.2. The fraction of sp³-hybridized carbons (Fsp3) is 0.400. The van der Waals surface area contributed by atoms with Gasteiger partial charge in [0.1, 0.15) is 6.17 Å². The Labute approximate surface area is 223 Å². The van der Waals surface area contributed by atoms with Gasteiger partial charge in [-0.15, -0.1) is 0 Å². The van der Waals surface area contributed by atoms with Crippen molar-refractivity contribution in [2.75, 3.05) is 25.1 Å². The van der Waals surface area contributed by atoms with Crippen LogP contribution in [-0.4, -0.2) is 71.9 Å². The van der Waals surface area contributed by atoms with E-state index in [1.54, 1.807) is 29.2 Å². The number of carbonyl (C=O) groups is 1. The molecular weight excluding hydrogens is 515 g/mol. The van der Waals surface area contributed by atoms with Crippen molar-refractivity contribution in [1.29, 1.82) is 0 Å². The van der Waals surface area contributed by atoms with E-state index in [4.69, 9.17) is 16.3 Å². The summed E-state index contributed by atoms with van der Waals surface area (Å²) < 4.78 is 23.2. The van der Waals surface area contributed by atoms with Crippen LogP contribution < -0.4 is 10.6 Å². The predicted octanol–water partition coefficient (Wildman–Crippen LogP) is 3.58. The third-order valence-corrected chi connectivity index (χ3v) is 6.60. The molecule has 0 bridgehead atoms. The van der Waals surface area contributed by atoms with E-state index in [0.717, 1.165) is 12.8 Å². The van der Waals surface area contributed by atoms with Crippen LogP contribution in [0.25, 0.3) is 16.9 Å². The van der Waals surface area contributed by atoms with Crippen LogP contribution in [0.2, 0.25) is 5.02 Å². The van der Waals surface area contributed by atoms with Crippen LogP contribution >= 0.6 is 11.6 Å². The number of aromatic nitrogens is 6. The first kappa shape index (κ1) is 26.0. The van der Waals surface area contributed by atoms with Crippen LogP contribution in [-0.2, 0) is 4.74 Å². The molecule has 0 unspecified atom stereocenters. The molecule has 4 aromatic heterocycles. The monoisotopic (exact) mass is 542 g/mol. The Bertz CT molecular complexity index is 1440. The number of alkyl halides is 1. The highest BCUT2D eigenvalue weighted by molar-refractivity contribution is 6.30. The summed E-state index contributed by atoms with van der Waals surface area (Å²) in [5, 5.41) is 24.9. The molecule has 0 saturated carbocycles. The van der Waals surface area contributed by atoms with Gasteiger partial charge in [-0.05, 0) is 32.8 Å². The van der Waals surface area contributed by atoms with E-state index in [2.05, 4.69) is 30.8 Å². The quantitative estimate of drug-likeness (QED) is 0.308. The number of hydrogen-bond acceptors (Lipinski definition) is 8. The molecule has 1 fully saturated rings. The van der Waals surface area contributed by atoms with Gasteiger partial charge in [-0.2, -0.15) is 10.2 Å². The van der Waals surface area contributed by atoms with Gasteiger partial charge in [0.2, 0.25) is 0 Å².